The van der Waals surface area contributed by atoms with Crippen molar-refractivity contribution in [2.75, 3.05) is 19.4 Å². The molecule has 4 nitrogen and oxygen atoms in total. The lowest BCUT2D eigenvalue weighted by atomic mass is 10.1. The van der Waals surface area contributed by atoms with Crippen LogP contribution in [0.3, 0.4) is 0 Å². The van der Waals surface area contributed by atoms with E-state index in [0.717, 1.165) is 42.2 Å². The molecule has 1 atom stereocenters. The van der Waals surface area contributed by atoms with E-state index in [1.807, 2.05) is 23.9 Å². The predicted octanol–water partition coefficient (Wildman–Crippen LogP) is 4.78. The molecule has 4 rings (SSSR count). The highest BCUT2D eigenvalue weighted by Crippen LogP contribution is 2.37. The Morgan fingerprint density at radius 2 is 2.11 bits per heavy atom. The number of benzene rings is 2. The van der Waals surface area contributed by atoms with Gasteiger partial charge in [-0.15, -0.1) is 11.8 Å². The van der Waals surface area contributed by atoms with Crippen LogP contribution in [0.4, 0.5) is 0 Å². The van der Waals surface area contributed by atoms with Gasteiger partial charge in [0.05, 0.1) is 7.11 Å². The summed E-state index contributed by atoms with van der Waals surface area (Å²) < 4.78 is 8.53. The predicted molar refractivity (Wildman–Crippen MR) is 118 cm³/mol. The van der Waals surface area contributed by atoms with E-state index in [1.54, 1.807) is 7.11 Å². The maximum absolute atomic E-state index is 5.61. The number of hydrogen-bond donors (Lipinski definition) is 2. The maximum atomic E-state index is 5.61. The van der Waals surface area contributed by atoms with E-state index in [2.05, 4.69) is 57.5 Å². The van der Waals surface area contributed by atoms with E-state index in [-0.39, 0.29) is 0 Å². The molecular formula is C22H25N3OS2. The number of aromatic nitrogens is 2. The zero-order chi connectivity index (χ0) is 19.3. The molecule has 28 heavy (non-hydrogen) atoms. The molecule has 0 bridgehead atoms. The highest BCUT2D eigenvalue weighted by Gasteiger charge is 2.23. The third-order valence-corrected chi connectivity index (χ3v) is 6.72. The monoisotopic (exact) mass is 411 g/mol. The van der Waals surface area contributed by atoms with Crippen LogP contribution in [0.1, 0.15) is 22.9 Å². The van der Waals surface area contributed by atoms with E-state index in [1.165, 1.54) is 21.7 Å². The number of aromatic amines is 1. The number of imidazole rings is 1. The summed E-state index contributed by atoms with van der Waals surface area (Å²) in [5, 5.41) is 3.54. The van der Waals surface area contributed by atoms with E-state index >= 15 is 0 Å². The topological polar surface area (TPSA) is 42.0 Å². The SMILES string of the molecule is COc1ccc2c(c1)C[C@@H](n1c(CCNCc3ccccc3)c[nH]c1=S)CS2. The molecular weight excluding hydrogens is 386 g/mol. The van der Waals surface area contributed by atoms with Crippen molar-refractivity contribution in [2.24, 2.45) is 0 Å². The number of nitrogens with zero attached hydrogens (tertiary/aromatic N) is 1. The van der Waals surface area contributed by atoms with E-state index < -0.39 is 0 Å². The summed E-state index contributed by atoms with van der Waals surface area (Å²) in [6.45, 7) is 1.81. The van der Waals surface area contributed by atoms with Crippen LogP contribution < -0.4 is 10.1 Å². The minimum Gasteiger partial charge on any atom is -0.497 e. The van der Waals surface area contributed by atoms with Gasteiger partial charge in [0, 0.05) is 48.1 Å². The molecule has 1 aromatic heterocycles. The zero-order valence-electron chi connectivity index (χ0n) is 16.0. The molecule has 0 spiro atoms. The number of fused-ring (bicyclic) bond motifs is 1. The number of hydrogen-bond acceptors (Lipinski definition) is 4. The molecule has 0 unspecified atom stereocenters. The molecule has 3 aromatic rings. The van der Waals surface area contributed by atoms with Gasteiger partial charge in [0.1, 0.15) is 5.75 Å². The van der Waals surface area contributed by atoms with Crippen molar-refractivity contribution in [1.29, 1.82) is 0 Å². The Morgan fingerprint density at radius 1 is 1.25 bits per heavy atom. The summed E-state index contributed by atoms with van der Waals surface area (Å²) in [6, 6.07) is 17.2. The second-order valence-corrected chi connectivity index (χ2v) is 8.46. The smallest absolute Gasteiger partial charge is 0.177 e. The van der Waals surface area contributed by atoms with Gasteiger partial charge in [0.15, 0.2) is 4.77 Å². The second kappa shape index (κ2) is 8.99. The standard InChI is InChI=1S/C22H25N3OS2/c1-26-20-7-8-21-17(12-20)11-19(15-28-21)25-18(14-24-22(25)27)9-10-23-13-16-5-3-2-4-6-16/h2-8,12,14,19,23H,9-11,13,15H2,1H3,(H,24,27)/t19-/m1/s1. The highest BCUT2D eigenvalue weighted by molar-refractivity contribution is 7.99. The molecule has 2 N–H and O–H groups in total. The largest absolute Gasteiger partial charge is 0.497 e. The molecule has 0 radical (unpaired) electrons. The van der Waals surface area contributed by atoms with Crippen molar-refractivity contribution in [2.45, 2.75) is 30.3 Å². The normalized spacial score (nSPS) is 16.0. The molecule has 0 saturated heterocycles. The molecule has 2 heterocycles. The van der Waals surface area contributed by atoms with Crippen molar-refractivity contribution < 1.29 is 4.74 Å². The van der Waals surface area contributed by atoms with Crippen LogP contribution >= 0.6 is 24.0 Å². The van der Waals surface area contributed by atoms with Crippen molar-refractivity contribution in [3.05, 3.63) is 76.3 Å². The molecule has 0 fully saturated rings. The average molecular weight is 412 g/mol. The van der Waals surface area contributed by atoms with Crippen LogP contribution in [0, 0.1) is 4.77 Å². The Bertz CT molecular complexity index is 981. The fourth-order valence-electron chi connectivity index (χ4n) is 3.70. The van der Waals surface area contributed by atoms with Gasteiger partial charge < -0.3 is 19.6 Å². The van der Waals surface area contributed by atoms with Gasteiger partial charge in [0.2, 0.25) is 0 Å². The van der Waals surface area contributed by atoms with Gasteiger partial charge in [-0.05, 0) is 48.0 Å². The Morgan fingerprint density at radius 3 is 2.93 bits per heavy atom. The molecule has 6 heteroatoms. The summed E-state index contributed by atoms with van der Waals surface area (Å²) >= 11 is 7.51. The molecule has 0 aliphatic carbocycles. The molecule has 2 aromatic carbocycles. The first-order chi connectivity index (χ1) is 13.7. The van der Waals surface area contributed by atoms with Gasteiger partial charge in [0.25, 0.3) is 0 Å². The Balaban J connectivity index is 1.42. The third kappa shape index (κ3) is 4.35. The second-order valence-electron chi connectivity index (χ2n) is 7.01. The van der Waals surface area contributed by atoms with Crippen LogP contribution in [-0.4, -0.2) is 29.0 Å². The van der Waals surface area contributed by atoms with Crippen LogP contribution in [0.15, 0.2) is 59.6 Å². The number of ether oxygens (including phenoxy) is 1. The van der Waals surface area contributed by atoms with Crippen molar-refractivity contribution in [3.8, 4) is 5.75 Å². The van der Waals surface area contributed by atoms with E-state index in [0.29, 0.717) is 6.04 Å². The minimum absolute atomic E-state index is 0.368. The molecule has 1 aliphatic rings. The lowest BCUT2D eigenvalue weighted by molar-refractivity contribution is 0.413. The number of nitrogens with one attached hydrogen (secondary N) is 2. The number of rotatable bonds is 7. The summed E-state index contributed by atoms with van der Waals surface area (Å²) in [7, 11) is 1.72. The van der Waals surface area contributed by atoms with Crippen LogP contribution in [0.2, 0.25) is 0 Å². The van der Waals surface area contributed by atoms with Crippen molar-refractivity contribution in [1.82, 2.24) is 14.9 Å². The lowest BCUT2D eigenvalue weighted by Gasteiger charge is -2.27. The highest BCUT2D eigenvalue weighted by atomic mass is 32.2. The van der Waals surface area contributed by atoms with Crippen LogP contribution in [0.25, 0.3) is 0 Å². The average Bonchev–Trinajstić information content (AvgIpc) is 3.11. The molecule has 0 amide bonds. The fraction of sp³-hybridized carbons (Fsp3) is 0.318. The number of methoxy groups -OCH3 is 1. The zero-order valence-corrected chi connectivity index (χ0v) is 17.6. The summed E-state index contributed by atoms with van der Waals surface area (Å²) in [5.74, 6) is 1.96. The maximum Gasteiger partial charge on any atom is 0.177 e. The number of thioether (sulfide) groups is 1. The van der Waals surface area contributed by atoms with Gasteiger partial charge in [-0.3, -0.25) is 0 Å². The number of H-pyrrole nitrogens is 1. The summed E-state index contributed by atoms with van der Waals surface area (Å²) in [4.78, 5) is 4.61. The van der Waals surface area contributed by atoms with Gasteiger partial charge >= 0.3 is 0 Å². The Labute approximate surface area is 175 Å². The van der Waals surface area contributed by atoms with Gasteiger partial charge in [-0.2, -0.15) is 0 Å². The Kier molecular flexibility index (Phi) is 6.20. The lowest BCUT2D eigenvalue weighted by Crippen LogP contribution is -2.23. The summed E-state index contributed by atoms with van der Waals surface area (Å²) in [6.07, 6.45) is 4.00. The summed E-state index contributed by atoms with van der Waals surface area (Å²) in [5.41, 5.74) is 3.92. The van der Waals surface area contributed by atoms with Crippen LogP contribution in [0.5, 0.6) is 5.75 Å². The first-order valence-electron chi connectivity index (χ1n) is 9.58. The van der Waals surface area contributed by atoms with Gasteiger partial charge in [-0.1, -0.05) is 30.3 Å². The van der Waals surface area contributed by atoms with Gasteiger partial charge in [-0.25, -0.2) is 0 Å². The molecule has 146 valence electrons. The quantitative estimate of drug-likeness (QED) is 0.434. The Hall–Kier alpha value is -2.02. The molecule has 1 aliphatic heterocycles. The first-order valence-corrected chi connectivity index (χ1v) is 11.0. The van der Waals surface area contributed by atoms with Crippen molar-refractivity contribution >= 4 is 24.0 Å². The minimum atomic E-state index is 0.368. The van der Waals surface area contributed by atoms with E-state index in [9.17, 15) is 0 Å². The van der Waals surface area contributed by atoms with Crippen molar-refractivity contribution in [3.63, 3.8) is 0 Å². The van der Waals surface area contributed by atoms with E-state index in [4.69, 9.17) is 17.0 Å². The fourth-order valence-corrected chi connectivity index (χ4v) is 5.16. The molecule has 0 saturated carbocycles. The first kappa shape index (κ1) is 19.3. The third-order valence-electron chi connectivity index (χ3n) is 5.14. The van der Waals surface area contributed by atoms with Crippen LogP contribution in [-0.2, 0) is 19.4 Å².